The van der Waals surface area contributed by atoms with Crippen molar-refractivity contribution in [2.75, 3.05) is 5.75 Å². The van der Waals surface area contributed by atoms with Crippen molar-refractivity contribution in [3.05, 3.63) is 47.3 Å². The van der Waals surface area contributed by atoms with Crippen molar-refractivity contribution in [2.45, 2.75) is 25.2 Å². The van der Waals surface area contributed by atoms with Crippen LogP contribution in [0.1, 0.15) is 16.8 Å². The summed E-state index contributed by atoms with van der Waals surface area (Å²) >= 11 is 1.15. The van der Waals surface area contributed by atoms with Crippen molar-refractivity contribution in [1.29, 1.82) is 0 Å². The second kappa shape index (κ2) is 6.58. The molecule has 20 heavy (non-hydrogen) atoms. The monoisotopic (exact) mass is 292 g/mol. The Labute approximate surface area is 121 Å². The zero-order valence-electron chi connectivity index (χ0n) is 11.1. The van der Waals surface area contributed by atoms with Gasteiger partial charge < -0.3 is 14.8 Å². The number of imidazole rings is 1. The van der Waals surface area contributed by atoms with E-state index in [-0.39, 0.29) is 12.4 Å². The van der Waals surface area contributed by atoms with Gasteiger partial charge in [-0.05, 0) is 12.5 Å². The fraction of sp³-hybridized carbons (Fsp3) is 0.286. The second-order valence-corrected chi connectivity index (χ2v) is 5.41. The number of aliphatic hydroxyl groups is 1. The van der Waals surface area contributed by atoms with Crippen LogP contribution in [0.3, 0.4) is 0 Å². The van der Waals surface area contributed by atoms with Gasteiger partial charge in [0.2, 0.25) is 0 Å². The van der Waals surface area contributed by atoms with Gasteiger partial charge in [0.05, 0.1) is 18.1 Å². The maximum Gasteiger partial charge on any atom is 0.313 e. The molecule has 2 aromatic rings. The van der Waals surface area contributed by atoms with Gasteiger partial charge in [0.15, 0.2) is 5.16 Å². The summed E-state index contributed by atoms with van der Waals surface area (Å²) in [7, 11) is 0. The average molecular weight is 292 g/mol. The van der Waals surface area contributed by atoms with Crippen molar-refractivity contribution in [2.24, 2.45) is 0 Å². The number of aromatic nitrogens is 2. The van der Waals surface area contributed by atoms with Gasteiger partial charge in [-0.15, -0.1) is 0 Å². The molecule has 2 N–H and O–H groups in total. The third-order valence-electron chi connectivity index (χ3n) is 2.75. The molecule has 1 heterocycles. The van der Waals surface area contributed by atoms with Crippen LogP contribution in [0.15, 0.2) is 35.6 Å². The molecule has 5 nitrogen and oxygen atoms in total. The quantitative estimate of drug-likeness (QED) is 0.795. The Hall–Kier alpha value is -1.79. The van der Waals surface area contributed by atoms with Crippen LogP contribution >= 0.6 is 11.8 Å². The van der Waals surface area contributed by atoms with Gasteiger partial charge in [-0.2, -0.15) is 0 Å². The molecular weight excluding hydrogens is 276 g/mol. The summed E-state index contributed by atoms with van der Waals surface area (Å²) in [5.74, 6) is -0.930. The highest BCUT2D eigenvalue weighted by Gasteiger charge is 2.10. The maximum absolute atomic E-state index is 10.6. The van der Waals surface area contributed by atoms with Crippen LogP contribution < -0.4 is 0 Å². The van der Waals surface area contributed by atoms with Crippen LogP contribution in [-0.2, 0) is 17.9 Å². The molecule has 0 atom stereocenters. The SMILES string of the molecule is Cc1ccc(Cn2cc(CO)nc2SCC(=O)O)cc1. The zero-order valence-corrected chi connectivity index (χ0v) is 11.9. The Morgan fingerprint density at radius 2 is 2.05 bits per heavy atom. The van der Waals surface area contributed by atoms with E-state index in [1.54, 1.807) is 6.20 Å². The molecule has 0 unspecified atom stereocenters. The molecule has 2 rings (SSSR count). The Morgan fingerprint density at radius 1 is 1.35 bits per heavy atom. The number of aliphatic hydroxyl groups excluding tert-OH is 1. The van der Waals surface area contributed by atoms with E-state index in [0.717, 1.165) is 17.3 Å². The number of carboxylic acids is 1. The summed E-state index contributed by atoms with van der Waals surface area (Å²) in [5.41, 5.74) is 2.84. The van der Waals surface area contributed by atoms with E-state index >= 15 is 0 Å². The van der Waals surface area contributed by atoms with Gasteiger partial charge in [0, 0.05) is 12.7 Å². The summed E-state index contributed by atoms with van der Waals surface area (Å²) in [6, 6.07) is 8.12. The van der Waals surface area contributed by atoms with E-state index in [1.165, 1.54) is 5.56 Å². The third kappa shape index (κ3) is 3.85. The first-order chi connectivity index (χ1) is 9.58. The van der Waals surface area contributed by atoms with Crippen molar-refractivity contribution in [3.63, 3.8) is 0 Å². The lowest BCUT2D eigenvalue weighted by Gasteiger charge is -2.07. The lowest BCUT2D eigenvalue weighted by molar-refractivity contribution is -0.133. The summed E-state index contributed by atoms with van der Waals surface area (Å²) in [6.45, 7) is 2.48. The molecule has 0 aliphatic carbocycles. The number of hydrogen-bond donors (Lipinski definition) is 2. The van der Waals surface area contributed by atoms with E-state index in [9.17, 15) is 4.79 Å². The number of rotatable bonds is 6. The Bertz CT molecular complexity index is 593. The van der Waals surface area contributed by atoms with Crippen molar-refractivity contribution >= 4 is 17.7 Å². The second-order valence-electron chi connectivity index (χ2n) is 4.47. The van der Waals surface area contributed by atoms with Crippen LogP contribution in [0, 0.1) is 6.92 Å². The van der Waals surface area contributed by atoms with Gasteiger partial charge >= 0.3 is 5.97 Å². The number of nitrogens with zero attached hydrogens (tertiary/aromatic N) is 2. The van der Waals surface area contributed by atoms with Crippen molar-refractivity contribution in [3.8, 4) is 0 Å². The smallest absolute Gasteiger partial charge is 0.313 e. The van der Waals surface area contributed by atoms with Gasteiger partial charge in [-0.3, -0.25) is 4.79 Å². The van der Waals surface area contributed by atoms with Gasteiger partial charge in [-0.1, -0.05) is 41.6 Å². The number of benzene rings is 1. The molecular formula is C14H16N2O3S. The zero-order chi connectivity index (χ0) is 14.5. The first-order valence-corrected chi connectivity index (χ1v) is 7.14. The number of thioether (sulfide) groups is 1. The molecule has 106 valence electrons. The lowest BCUT2D eigenvalue weighted by atomic mass is 10.1. The molecule has 0 aliphatic heterocycles. The Morgan fingerprint density at radius 3 is 2.65 bits per heavy atom. The van der Waals surface area contributed by atoms with Crippen molar-refractivity contribution in [1.82, 2.24) is 9.55 Å². The van der Waals surface area contributed by atoms with E-state index < -0.39 is 5.97 Å². The minimum absolute atomic E-state index is 0.0459. The molecule has 0 aliphatic rings. The van der Waals surface area contributed by atoms with E-state index in [1.807, 2.05) is 35.8 Å². The molecule has 0 spiro atoms. The average Bonchev–Trinajstić information content (AvgIpc) is 2.81. The van der Waals surface area contributed by atoms with Crippen LogP contribution in [-0.4, -0.2) is 31.5 Å². The normalized spacial score (nSPS) is 10.7. The minimum atomic E-state index is -0.884. The highest BCUT2D eigenvalue weighted by molar-refractivity contribution is 7.99. The van der Waals surface area contributed by atoms with Crippen LogP contribution in [0.25, 0.3) is 0 Å². The number of hydrogen-bond acceptors (Lipinski definition) is 4. The Kier molecular flexibility index (Phi) is 4.81. The van der Waals surface area contributed by atoms with Gasteiger partial charge in [0.25, 0.3) is 0 Å². The molecule has 0 saturated carbocycles. The van der Waals surface area contributed by atoms with Crippen LogP contribution in [0.2, 0.25) is 0 Å². The first-order valence-electron chi connectivity index (χ1n) is 6.15. The topological polar surface area (TPSA) is 75.3 Å². The minimum Gasteiger partial charge on any atom is -0.481 e. The standard InChI is InChI=1S/C14H16N2O3S/c1-10-2-4-11(5-3-10)6-16-7-12(8-17)15-14(16)20-9-13(18)19/h2-5,7,17H,6,8-9H2,1H3,(H,18,19). The summed E-state index contributed by atoms with van der Waals surface area (Å²) in [5, 5.41) is 18.5. The molecule has 0 radical (unpaired) electrons. The molecule has 1 aromatic carbocycles. The largest absolute Gasteiger partial charge is 0.481 e. The van der Waals surface area contributed by atoms with Crippen molar-refractivity contribution < 1.29 is 15.0 Å². The highest BCUT2D eigenvalue weighted by Crippen LogP contribution is 2.19. The van der Waals surface area contributed by atoms with E-state index in [2.05, 4.69) is 4.98 Å². The van der Waals surface area contributed by atoms with Crippen LogP contribution in [0.4, 0.5) is 0 Å². The molecule has 6 heteroatoms. The first kappa shape index (κ1) is 14.6. The predicted octanol–water partition coefficient (Wildman–Crippen LogP) is 1.91. The molecule has 0 fully saturated rings. The van der Waals surface area contributed by atoms with E-state index in [0.29, 0.717) is 17.4 Å². The Balaban J connectivity index is 2.18. The summed E-state index contributed by atoms with van der Waals surface area (Å²) < 4.78 is 1.86. The molecule has 1 aromatic heterocycles. The third-order valence-corrected chi connectivity index (χ3v) is 3.73. The number of aryl methyl sites for hydroxylation is 1. The summed E-state index contributed by atoms with van der Waals surface area (Å²) in [4.78, 5) is 14.9. The predicted molar refractivity (Wildman–Crippen MR) is 76.8 cm³/mol. The summed E-state index contributed by atoms with van der Waals surface area (Å²) in [6.07, 6.45) is 1.75. The highest BCUT2D eigenvalue weighted by atomic mass is 32.2. The number of carboxylic acid groups (broad SMARTS) is 1. The molecule has 0 saturated heterocycles. The maximum atomic E-state index is 10.6. The molecule has 0 bridgehead atoms. The number of aliphatic carboxylic acids is 1. The molecule has 0 amide bonds. The van der Waals surface area contributed by atoms with Gasteiger partial charge in [0.1, 0.15) is 0 Å². The number of carbonyl (C=O) groups is 1. The lowest BCUT2D eigenvalue weighted by Crippen LogP contribution is -2.03. The van der Waals surface area contributed by atoms with Gasteiger partial charge in [-0.25, -0.2) is 4.98 Å². The fourth-order valence-electron chi connectivity index (χ4n) is 1.77. The van der Waals surface area contributed by atoms with Crippen LogP contribution in [0.5, 0.6) is 0 Å². The van der Waals surface area contributed by atoms with E-state index in [4.69, 9.17) is 10.2 Å². The fourth-order valence-corrected chi connectivity index (χ4v) is 2.49.